The highest BCUT2D eigenvalue weighted by Gasteiger charge is 2.25. The normalized spacial score (nSPS) is 26.6. The lowest BCUT2D eigenvalue weighted by molar-refractivity contribution is 0.0344. The third-order valence-corrected chi connectivity index (χ3v) is 4.27. The first-order valence-corrected chi connectivity index (χ1v) is 7.25. The van der Waals surface area contributed by atoms with Crippen molar-refractivity contribution in [3.63, 3.8) is 0 Å². The van der Waals surface area contributed by atoms with Crippen LogP contribution >= 0.6 is 0 Å². The van der Waals surface area contributed by atoms with E-state index in [9.17, 15) is 5.11 Å². The van der Waals surface area contributed by atoms with Crippen LogP contribution in [-0.4, -0.2) is 46.8 Å². The molecule has 0 radical (unpaired) electrons. The quantitative estimate of drug-likeness (QED) is 0.225. The van der Waals surface area contributed by atoms with Crippen molar-refractivity contribution < 1.29 is 10.3 Å². The molecule has 19 heavy (non-hydrogen) atoms. The molecule has 2 atom stereocenters. The standard InChI is InChI=1S/C14H29N3O2/c1-11-10-17(9-6-12(11)18)8-5-4-7-14(2,3)13(15)16-19/h11-12,18-19H,4-10H2,1-3H3,(H2,15,16). The molecule has 112 valence electrons. The third-order valence-electron chi connectivity index (χ3n) is 4.27. The van der Waals surface area contributed by atoms with Gasteiger partial charge in [0.2, 0.25) is 0 Å². The molecule has 1 aliphatic heterocycles. The maximum absolute atomic E-state index is 9.68. The number of nitrogens with zero attached hydrogens (tertiary/aromatic N) is 2. The molecule has 1 rings (SSSR count). The molecule has 0 bridgehead atoms. The molecule has 5 heteroatoms. The number of likely N-dealkylation sites (tertiary alicyclic amines) is 1. The summed E-state index contributed by atoms with van der Waals surface area (Å²) < 4.78 is 0. The molecule has 4 N–H and O–H groups in total. The van der Waals surface area contributed by atoms with E-state index in [2.05, 4.69) is 17.0 Å². The molecule has 2 unspecified atom stereocenters. The Kier molecular flexibility index (Phi) is 6.07. The van der Waals surface area contributed by atoms with Crippen LogP contribution in [0, 0.1) is 11.3 Å². The first-order valence-electron chi connectivity index (χ1n) is 7.25. The predicted octanol–water partition coefficient (Wildman–Crippen LogP) is 1.63. The zero-order valence-electron chi connectivity index (χ0n) is 12.5. The van der Waals surface area contributed by atoms with E-state index < -0.39 is 0 Å². The lowest BCUT2D eigenvalue weighted by Crippen LogP contribution is -2.42. The topological polar surface area (TPSA) is 82.1 Å². The fourth-order valence-corrected chi connectivity index (χ4v) is 2.59. The van der Waals surface area contributed by atoms with Gasteiger partial charge in [-0.15, -0.1) is 0 Å². The summed E-state index contributed by atoms with van der Waals surface area (Å²) in [5.41, 5.74) is 5.44. The summed E-state index contributed by atoms with van der Waals surface area (Å²) in [5, 5.41) is 21.5. The van der Waals surface area contributed by atoms with E-state index >= 15 is 0 Å². The average molecular weight is 271 g/mol. The van der Waals surface area contributed by atoms with Gasteiger partial charge in [-0.25, -0.2) is 0 Å². The summed E-state index contributed by atoms with van der Waals surface area (Å²) in [6.07, 6.45) is 3.86. The van der Waals surface area contributed by atoms with E-state index in [1.807, 2.05) is 13.8 Å². The molecule has 1 aliphatic rings. The number of unbranched alkanes of at least 4 members (excludes halogenated alkanes) is 1. The number of rotatable bonds is 6. The van der Waals surface area contributed by atoms with Gasteiger partial charge in [-0.3, -0.25) is 0 Å². The second-order valence-electron chi connectivity index (χ2n) is 6.46. The van der Waals surface area contributed by atoms with Crippen molar-refractivity contribution in [2.75, 3.05) is 19.6 Å². The molecule has 0 amide bonds. The maximum atomic E-state index is 9.68. The molecule has 0 aromatic heterocycles. The highest BCUT2D eigenvalue weighted by atomic mass is 16.4. The Morgan fingerprint density at radius 3 is 2.68 bits per heavy atom. The minimum absolute atomic E-state index is 0.129. The Morgan fingerprint density at radius 2 is 2.11 bits per heavy atom. The Hall–Kier alpha value is -0.810. The number of aliphatic hydroxyl groups is 1. The van der Waals surface area contributed by atoms with Gasteiger partial charge in [0.1, 0.15) is 5.84 Å². The second-order valence-corrected chi connectivity index (χ2v) is 6.46. The van der Waals surface area contributed by atoms with Gasteiger partial charge in [-0.1, -0.05) is 32.3 Å². The number of aliphatic hydroxyl groups excluding tert-OH is 1. The van der Waals surface area contributed by atoms with Crippen LogP contribution in [0.4, 0.5) is 0 Å². The van der Waals surface area contributed by atoms with Crippen molar-refractivity contribution in [3.8, 4) is 0 Å². The van der Waals surface area contributed by atoms with Crippen molar-refractivity contribution in [1.82, 2.24) is 4.90 Å². The van der Waals surface area contributed by atoms with Gasteiger partial charge in [0, 0.05) is 18.5 Å². The molecular weight excluding hydrogens is 242 g/mol. The number of amidine groups is 1. The van der Waals surface area contributed by atoms with Crippen LogP contribution in [0.25, 0.3) is 0 Å². The van der Waals surface area contributed by atoms with E-state index in [0.29, 0.717) is 11.8 Å². The predicted molar refractivity (Wildman–Crippen MR) is 77.3 cm³/mol. The molecule has 0 aliphatic carbocycles. The first-order chi connectivity index (χ1) is 8.86. The first kappa shape index (κ1) is 16.2. The van der Waals surface area contributed by atoms with Gasteiger partial charge < -0.3 is 20.9 Å². The number of oxime groups is 1. The van der Waals surface area contributed by atoms with Crippen LogP contribution in [0.3, 0.4) is 0 Å². The Labute approximate surface area is 116 Å². The highest BCUT2D eigenvalue weighted by Crippen LogP contribution is 2.24. The number of hydrogen-bond acceptors (Lipinski definition) is 4. The molecule has 1 heterocycles. The average Bonchev–Trinajstić information content (AvgIpc) is 2.37. The molecule has 1 saturated heterocycles. The minimum Gasteiger partial charge on any atom is -0.409 e. The van der Waals surface area contributed by atoms with Crippen LogP contribution < -0.4 is 5.73 Å². The number of piperidine rings is 1. The van der Waals surface area contributed by atoms with Crippen molar-refractivity contribution in [2.45, 2.75) is 52.6 Å². The summed E-state index contributed by atoms with van der Waals surface area (Å²) in [6.45, 7) is 9.17. The van der Waals surface area contributed by atoms with Gasteiger partial charge in [-0.05, 0) is 31.7 Å². The number of hydrogen-bond donors (Lipinski definition) is 3. The van der Waals surface area contributed by atoms with E-state index in [-0.39, 0.29) is 11.5 Å². The van der Waals surface area contributed by atoms with Gasteiger partial charge in [0.15, 0.2) is 0 Å². The van der Waals surface area contributed by atoms with Crippen LogP contribution in [0.1, 0.15) is 46.5 Å². The molecule has 1 fully saturated rings. The molecular formula is C14H29N3O2. The lowest BCUT2D eigenvalue weighted by atomic mass is 9.86. The summed E-state index contributed by atoms with van der Waals surface area (Å²) in [4.78, 5) is 2.42. The molecule has 0 aromatic rings. The summed E-state index contributed by atoms with van der Waals surface area (Å²) in [7, 11) is 0. The Bertz CT molecular complexity index is 305. The Morgan fingerprint density at radius 1 is 1.42 bits per heavy atom. The zero-order chi connectivity index (χ0) is 14.5. The van der Waals surface area contributed by atoms with Gasteiger partial charge >= 0.3 is 0 Å². The zero-order valence-corrected chi connectivity index (χ0v) is 12.5. The maximum Gasteiger partial charge on any atom is 0.144 e. The van der Waals surface area contributed by atoms with Crippen molar-refractivity contribution in [2.24, 2.45) is 22.2 Å². The fraction of sp³-hybridized carbons (Fsp3) is 0.929. The van der Waals surface area contributed by atoms with Gasteiger partial charge in [0.25, 0.3) is 0 Å². The lowest BCUT2D eigenvalue weighted by Gasteiger charge is -2.34. The van der Waals surface area contributed by atoms with E-state index in [4.69, 9.17) is 10.9 Å². The third kappa shape index (κ3) is 4.99. The summed E-state index contributed by atoms with van der Waals surface area (Å²) in [5.74, 6) is 0.685. The summed E-state index contributed by atoms with van der Waals surface area (Å²) >= 11 is 0. The van der Waals surface area contributed by atoms with E-state index in [1.165, 1.54) is 0 Å². The van der Waals surface area contributed by atoms with Crippen LogP contribution in [0.5, 0.6) is 0 Å². The Balaban J connectivity index is 2.21. The van der Waals surface area contributed by atoms with Crippen LogP contribution in [-0.2, 0) is 0 Å². The minimum atomic E-state index is -0.236. The van der Waals surface area contributed by atoms with Gasteiger partial charge in [-0.2, -0.15) is 0 Å². The number of nitrogens with two attached hydrogens (primary N) is 1. The second kappa shape index (κ2) is 7.10. The van der Waals surface area contributed by atoms with Crippen molar-refractivity contribution >= 4 is 5.84 Å². The van der Waals surface area contributed by atoms with E-state index in [0.717, 1.165) is 45.3 Å². The molecule has 5 nitrogen and oxygen atoms in total. The largest absolute Gasteiger partial charge is 0.409 e. The smallest absolute Gasteiger partial charge is 0.144 e. The molecule has 0 aromatic carbocycles. The highest BCUT2D eigenvalue weighted by molar-refractivity contribution is 5.85. The fourth-order valence-electron chi connectivity index (χ4n) is 2.59. The summed E-state index contributed by atoms with van der Waals surface area (Å²) in [6, 6.07) is 0. The molecule has 0 spiro atoms. The monoisotopic (exact) mass is 271 g/mol. The van der Waals surface area contributed by atoms with Gasteiger partial charge in [0.05, 0.1) is 6.10 Å². The van der Waals surface area contributed by atoms with Crippen LogP contribution in [0.2, 0.25) is 0 Å². The van der Waals surface area contributed by atoms with Crippen molar-refractivity contribution in [3.05, 3.63) is 0 Å². The van der Waals surface area contributed by atoms with E-state index in [1.54, 1.807) is 0 Å². The SMILES string of the molecule is CC1CN(CCCCC(C)(C)C(N)=NO)CCC1O. The van der Waals surface area contributed by atoms with Crippen molar-refractivity contribution in [1.29, 1.82) is 0 Å². The van der Waals surface area contributed by atoms with Crippen LogP contribution in [0.15, 0.2) is 5.16 Å². The molecule has 0 saturated carbocycles.